The number of nitrogens with zero attached hydrogens (tertiary/aromatic N) is 1. The van der Waals surface area contributed by atoms with Crippen molar-refractivity contribution in [2.24, 2.45) is 5.92 Å². The first kappa shape index (κ1) is 14.3. The number of hydrogen-bond donors (Lipinski definition) is 2. The van der Waals surface area contributed by atoms with Gasteiger partial charge < -0.3 is 10.6 Å². The first-order chi connectivity index (χ1) is 10.1. The molecule has 1 saturated heterocycles. The van der Waals surface area contributed by atoms with Crippen LogP contribution in [0.4, 0.5) is 15.8 Å². The van der Waals surface area contributed by atoms with Gasteiger partial charge in [0, 0.05) is 23.8 Å². The van der Waals surface area contributed by atoms with Gasteiger partial charge in [0.05, 0.1) is 4.92 Å². The Balaban J connectivity index is 1.73. The van der Waals surface area contributed by atoms with E-state index in [1.807, 2.05) is 0 Å². The van der Waals surface area contributed by atoms with E-state index in [9.17, 15) is 14.5 Å². The Morgan fingerprint density at radius 1 is 1.29 bits per heavy atom. The maximum absolute atomic E-state index is 13.4. The number of nitro benzene ring substituents is 1. The highest BCUT2D eigenvalue weighted by Gasteiger charge is 2.35. The molecule has 5 nitrogen and oxygen atoms in total. The minimum atomic E-state index is -0.786. The molecular formula is C15H20FN3O2. The second-order valence-corrected chi connectivity index (χ2v) is 5.97. The van der Waals surface area contributed by atoms with Gasteiger partial charge in [-0.3, -0.25) is 10.1 Å². The molecule has 1 heterocycles. The van der Waals surface area contributed by atoms with E-state index in [-0.39, 0.29) is 0 Å². The number of nitrogens with one attached hydrogen (secondary N) is 2. The summed E-state index contributed by atoms with van der Waals surface area (Å²) in [5, 5.41) is 17.7. The molecule has 0 amide bonds. The topological polar surface area (TPSA) is 67.2 Å². The molecule has 0 bridgehead atoms. The van der Waals surface area contributed by atoms with Crippen molar-refractivity contribution in [2.45, 2.75) is 44.2 Å². The molecule has 1 aromatic carbocycles. The summed E-state index contributed by atoms with van der Waals surface area (Å²) < 4.78 is 13.4. The molecule has 1 aromatic rings. The summed E-state index contributed by atoms with van der Waals surface area (Å²) >= 11 is 0. The van der Waals surface area contributed by atoms with Gasteiger partial charge in [-0.25, -0.2) is 0 Å². The molecule has 3 rings (SSSR count). The zero-order valence-corrected chi connectivity index (χ0v) is 11.8. The van der Waals surface area contributed by atoms with Crippen molar-refractivity contribution in [3.63, 3.8) is 0 Å². The predicted octanol–water partition coefficient (Wildman–Crippen LogP) is 3.07. The minimum absolute atomic E-state index is 0.311. The van der Waals surface area contributed by atoms with Crippen LogP contribution in [0.15, 0.2) is 18.2 Å². The van der Waals surface area contributed by atoms with Gasteiger partial charge in [0.2, 0.25) is 5.82 Å². The van der Waals surface area contributed by atoms with Gasteiger partial charge in [-0.15, -0.1) is 0 Å². The normalized spacial score (nSPS) is 28.7. The molecule has 3 unspecified atom stereocenters. The molecule has 3 atom stereocenters. The first-order valence-corrected chi connectivity index (χ1v) is 7.59. The molecule has 1 saturated carbocycles. The summed E-state index contributed by atoms with van der Waals surface area (Å²) in [5.41, 5.74) is 0.173. The van der Waals surface area contributed by atoms with Crippen molar-refractivity contribution in [1.82, 2.24) is 5.32 Å². The zero-order valence-electron chi connectivity index (χ0n) is 11.8. The third-order valence-corrected chi connectivity index (χ3v) is 4.68. The van der Waals surface area contributed by atoms with Crippen LogP contribution in [0.25, 0.3) is 0 Å². The summed E-state index contributed by atoms with van der Waals surface area (Å²) in [5.74, 6) is -0.234. The van der Waals surface area contributed by atoms with E-state index in [4.69, 9.17) is 0 Å². The monoisotopic (exact) mass is 293 g/mol. The van der Waals surface area contributed by atoms with Crippen molar-refractivity contribution in [2.75, 3.05) is 11.9 Å². The lowest BCUT2D eigenvalue weighted by Crippen LogP contribution is -2.38. The predicted molar refractivity (Wildman–Crippen MR) is 78.8 cm³/mol. The van der Waals surface area contributed by atoms with Gasteiger partial charge in [-0.2, -0.15) is 4.39 Å². The number of hydrogen-bond acceptors (Lipinski definition) is 4. The van der Waals surface area contributed by atoms with Crippen LogP contribution in [0.2, 0.25) is 0 Å². The van der Waals surface area contributed by atoms with E-state index < -0.39 is 16.4 Å². The molecule has 2 N–H and O–H groups in total. The Labute approximate surface area is 123 Å². The van der Waals surface area contributed by atoms with Gasteiger partial charge in [-0.05, 0) is 50.3 Å². The fraction of sp³-hybridized carbons (Fsp3) is 0.600. The number of benzene rings is 1. The molecule has 0 aromatic heterocycles. The van der Waals surface area contributed by atoms with Crippen molar-refractivity contribution in [3.05, 3.63) is 34.1 Å². The largest absolute Gasteiger partial charge is 0.382 e. The fourth-order valence-electron chi connectivity index (χ4n) is 3.68. The Kier molecular flexibility index (Phi) is 4.05. The standard InChI is InChI=1S/C15H20FN3O2/c16-12-7-6-10(9-15(12)19(20)21)18-14-4-1-3-11(14)13-5-2-8-17-13/h6-7,9,11,13-14,17-18H,1-5,8H2. The van der Waals surface area contributed by atoms with Crippen LogP contribution in [0.1, 0.15) is 32.1 Å². The van der Waals surface area contributed by atoms with Crippen LogP contribution in [0, 0.1) is 21.8 Å². The van der Waals surface area contributed by atoms with Crippen molar-refractivity contribution >= 4 is 11.4 Å². The third kappa shape index (κ3) is 3.00. The van der Waals surface area contributed by atoms with Crippen LogP contribution in [-0.2, 0) is 0 Å². The molecule has 0 radical (unpaired) electrons. The lowest BCUT2D eigenvalue weighted by Gasteiger charge is -2.27. The van der Waals surface area contributed by atoms with Crippen molar-refractivity contribution < 1.29 is 9.31 Å². The smallest absolute Gasteiger partial charge is 0.306 e. The van der Waals surface area contributed by atoms with E-state index in [1.54, 1.807) is 6.07 Å². The lowest BCUT2D eigenvalue weighted by atomic mass is 9.93. The second-order valence-electron chi connectivity index (χ2n) is 5.97. The molecule has 2 fully saturated rings. The van der Waals surface area contributed by atoms with Crippen molar-refractivity contribution in [3.8, 4) is 0 Å². The summed E-state index contributed by atoms with van der Waals surface area (Å²) in [6, 6.07) is 4.90. The second kappa shape index (κ2) is 5.97. The van der Waals surface area contributed by atoms with Gasteiger partial charge in [0.1, 0.15) is 0 Å². The molecule has 0 spiro atoms. The van der Waals surface area contributed by atoms with Crippen LogP contribution >= 0.6 is 0 Å². The molecule has 114 valence electrons. The van der Waals surface area contributed by atoms with Crippen LogP contribution in [0.3, 0.4) is 0 Å². The Morgan fingerprint density at radius 3 is 2.86 bits per heavy atom. The van der Waals surface area contributed by atoms with Gasteiger partial charge in [-0.1, -0.05) is 6.42 Å². The molecule has 1 aliphatic heterocycles. The average Bonchev–Trinajstić information content (AvgIpc) is 3.11. The Bertz CT molecular complexity index is 532. The third-order valence-electron chi connectivity index (χ3n) is 4.68. The van der Waals surface area contributed by atoms with E-state index in [1.165, 1.54) is 31.7 Å². The lowest BCUT2D eigenvalue weighted by molar-refractivity contribution is -0.387. The van der Waals surface area contributed by atoms with Crippen LogP contribution < -0.4 is 10.6 Å². The zero-order chi connectivity index (χ0) is 14.8. The van der Waals surface area contributed by atoms with Gasteiger partial charge >= 0.3 is 5.69 Å². The van der Waals surface area contributed by atoms with Gasteiger partial charge in [0.15, 0.2) is 0 Å². The first-order valence-electron chi connectivity index (χ1n) is 7.59. The average molecular weight is 293 g/mol. The van der Waals surface area contributed by atoms with E-state index in [2.05, 4.69) is 10.6 Å². The maximum atomic E-state index is 13.4. The molecule has 21 heavy (non-hydrogen) atoms. The number of anilines is 1. The molecule has 1 aliphatic carbocycles. The van der Waals surface area contributed by atoms with Gasteiger partial charge in [0.25, 0.3) is 0 Å². The highest BCUT2D eigenvalue weighted by atomic mass is 19.1. The van der Waals surface area contributed by atoms with E-state index in [0.717, 1.165) is 19.0 Å². The highest BCUT2D eigenvalue weighted by Crippen LogP contribution is 2.34. The Hall–Kier alpha value is -1.69. The maximum Gasteiger partial charge on any atom is 0.306 e. The molecule has 6 heteroatoms. The highest BCUT2D eigenvalue weighted by molar-refractivity contribution is 5.52. The van der Waals surface area contributed by atoms with Crippen LogP contribution in [-0.4, -0.2) is 23.6 Å². The van der Waals surface area contributed by atoms with E-state index >= 15 is 0 Å². The van der Waals surface area contributed by atoms with Crippen molar-refractivity contribution in [1.29, 1.82) is 0 Å². The number of halogens is 1. The summed E-state index contributed by atoms with van der Waals surface area (Å²) in [7, 11) is 0. The minimum Gasteiger partial charge on any atom is -0.382 e. The molecular weight excluding hydrogens is 273 g/mol. The van der Waals surface area contributed by atoms with E-state index in [0.29, 0.717) is 23.7 Å². The number of nitro groups is 1. The summed E-state index contributed by atoms with van der Waals surface area (Å²) in [6.07, 6.45) is 5.83. The Morgan fingerprint density at radius 2 is 2.14 bits per heavy atom. The quantitative estimate of drug-likeness (QED) is 0.661. The number of rotatable bonds is 4. The molecule has 2 aliphatic rings. The fourth-order valence-corrected chi connectivity index (χ4v) is 3.68. The van der Waals surface area contributed by atoms with Crippen LogP contribution in [0.5, 0.6) is 0 Å². The SMILES string of the molecule is O=[N+]([O-])c1cc(NC2CCCC2C2CCCN2)ccc1F. The summed E-state index contributed by atoms with van der Waals surface area (Å²) in [4.78, 5) is 10.1. The summed E-state index contributed by atoms with van der Waals surface area (Å²) in [6.45, 7) is 1.08.